The number of hydrogen-bond donors (Lipinski definition) is 3. The van der Waals surface area contributed by atoms with Gasteiger partial charge in [-0.15, -0.1) is 0 Å². The minimum Gasteiger partial charge on any atom is -0.480 e. The molecule has 3 rings (SSSR count). The molecule has 0 aliphatic carbocycles. The van der Waals surface area contributed by atoms with Crippen LogP contribution in [0, 0.1) is 0 Å². The molecule has 0 saturated carbocycles. The van der Waals surface area contributed by atoms with Gasteiger partial charge in [0.2, 0.25) is 7.37 Å². The molecule has 4 N–H and O–H groups in total. The van der Waals surface area contributed by atoms with Crippen LogP contribution in [0.3, 0.4) is 0 Å². The van der Waals surface area contributed by atoms with Gasteiger partial charge >= 0.3 is 5.97 Å². The summed E-state index contributed by atoms with van der Waals surface area (Å²) in [5.74, 6) is -0.933. The van der Waals surface area contributed by atoms with E-state index in [0.29, 0.717) is 24.5 Å². The van der Waals surface area contributed by atoms with Crippen molar-refractivity contribution in [1.82, 2.24) is 9.88 Å². The minimum absolute atomic E-state index is 0.00931. The van der Waals surface area contributed by atoms with Crippen LogP contribution in [0.15, 0.2) is 48.7 Å². The van der Waals surface area contributed by atoms with Gasteiger partial charge in [-0.1, -0.05) is 36.4 Å². The molecule has 1 fully saturated rings. The maximum Gasteiger partial charge on any atom is 0.321 e. The number of anilines is 1. The maximum atomic E-state index is 12.9. The fraction of sp³-hybridized carbons (Fsp3) is 0.333. The second kappa shape index (κ2) is 7.19. The molecule has 2 heterocycles. The van der Waals surface area contributed by atoms with Gasteiger partial charge in [-0.05, 0) is 17.2 Å². The zero-order valence-corrected chi connectivity index (χ0v) is 15.2. The van der Waals surface area contributed by atoms with Gasteiger partial charge in [0.15, 0.2) is 5.16 Å². The number of carbonyl (C=O) groups is 1. The third-order valence-electron chi connectivity index (χ3n) is 4.86. The second-order valence-electron chi connectivity index (χ2n) is 6.73. The number of nitrogens with two attached hydrogens (primary N) is 1. The molecule has 2 aromatic rings. The van der Waals surface area contributed by atoms with Crippen molar-refractivity contribution in [3.8, 4) is 0 Å². The molecule has 2 unspecified atom stereocenters. The topological polar surface area (TPSA) is 117 Å². The van der Waals surface area contributed by atoms with Crippen LogP contribution in [0.25, 0.3) is 0 Å². The van der Waals surface area contributed by atoms with Gasteiger partial charge in [0.05, 0.1) is 0 Å². The first-order valence-corrected chi connectivity index (χ1v) is 10.2. The van der Waals surface area contributed by atoms with Crippen LogP contribution >= 0.6 is 7.37 Å². The molecule has 0 amide bonds. The molecule has 1 aliphatic rings. The number of carboxylic acids is 1. The Labute approximate surface area is 151 Å². The van der Waals surface area contributed by atoms with Gasteiger partial charge in [-0.3, -0.25) is 14.3 Å². The summed E-state index contributed by atoms with van der Waals surface area (Å²) in [6.45, 7) is 0.933. The molecular formula is C18H22N3O4P. The highest BCUT2D eigenvalue weighted by Gasteiger charge is 2.56. The fourth-order valence-electron chi connectivity index (χ4n) is 3.38. The first-order chi connectivity index (χ1) is 12.3. The molecule has 0 radical (unpaired) electrons. The smallest absolute Gasteiger partial charge is 0.321 e. The monoisotopic (exact) mass is 375 g/mol. The number of nitrogen functional groups attached to an aromatic ring is 1. The Morgan fingerprint density at radius 2 is 1.96 bits per heavy atom. The first kappa shape index (κ1) is 18.6. The summed E-state index contributed by atoms with van der Waals surface area (Å²) in [6.07, 6.45) is 1.36. The quantitative estimate of drug-likeness (QED) is 0.683. The van der Waals surface area contributed by atoms with E-state index in [0.717, 1.165) is 5.56 Å². The summed E-state index contributed by atoms with van der Waals surface area (Å²) < 4.78 is 12.9. The van der Waals surface area contributed by atoms with E-state index in [1.54, 1.807) is 12.1 Å². The molecular weight excluding hydrogens is 353 g/mol. The molecule has 1 saturated heterocycles. The van der Waals surface area contributed by atoms with E-state index in [9.17, 15) is 19.4 Å². The molecule has 26 heavy (non-hydrogen) atoms. The third-order valence-corrected chi connectivity index (χ3v) is 7.50. The lowest BCUT2D eigenvalue weighted by molar-refractivity contribution is -0.141. The molecule has 0 bridgehead atoms. The fourth-order valence-corrected chi connectivity index (χ4v) is 5.51. The predicted octanol–water partition coefficient (Wildman–Crippen LogP) is 1.82. The number of nitrogens with zero attached hydrogens (tertiary/aromatic N) is 2. The maximum absolute atomic E-state index is 12.9. The standard InChI is InChI=1S/C18H22N3O4P/c19-16-7-6-15(11-20-16)10-18(17(22)23)13-21(8-9-26(18,24)25)12-14-4-2-1-3-5-14/h1-7,11H,8-10,12-13H2,(H2,19,20)(H,22,23)(H,24,25). The van der Waals surface area contributed by atoms with E-state index < -0.39 is 18.5 Å². The number of aliphatic carboxylic acids is 1. The van der Waals surface area contributed by atoms with Gasteiger partial charge < -0.3 is 15.7 Å². The van der Waals surface area contributed by atoms with Crippen LogP contribution in [0.4, 0.5) is 5.82 Å². The number of rotatable bonds is 5. The Kier molecular flexibility index (Phi) is 5.14. The number of hydrogen-bond acceptors (Lipinski definition) is 5. The highest BCUT2D eigenvalue weighted by Crippen LogP contribution is 2.58. The number of carboxylic acid groups (broad SMARTS) is 1. The van der Waals surface area contributed by atoms with Crippen molar-refractivity contribution < 1.29 is 19.4 Å². The largest absolute Gasteiger partial charge is 0.480 e. The second-order valence-corrected chi connectivity index (χ2v) is 9.43. The molecule has 1 aromatic heterocycles. The summed E-state index contributed by atoms with van der Waals surface area (Å²) in [6, 6.07) is 12.9. The average molecular weight is 375 g/mol. The Morgan fingerprint density at radius 3 is 2.58 bits per heavy atom. The Balaban J connectivity index is 1.90. The van der Waals surface area contributed by atoms with Crippen molar-refractivity contribution in [1.29, 1.82) is 0 Å². The Hall–Kier alpha value is -2.21. The SMILES string of the molecule is Nc1ccc(CC2(C(=O)O)CN(Cc3ccccc3)CCP2(=O)O)cn1. The summed E-state index contributed by atoms with van der Waals surface area (Å²) in [5.41, 5.74) is 7.19. The summed E-state index contributed by atoms with van der Waals surface area (Å²) >= 11 is 0. The highest BCUT2D eigenvalue weighted by atomic mass is 31.2. The van der Waals surface area contributed by atoms with Gasteiger partial charge in [-0.2, -0.15) is 0 Å². The molecule has 2 atom stereocenters. The van der Waals surface area contributed by atoms with Gasteiger partial charge in [0.25, 0.3) is 0 Å². The lowest BCUT2D eigenvalue weighted by atomic mass is 9.98. The lowest BCUT2D eigenvalue weighted by Gasteiger charge is -2.43. The molecule has 1 aliphatic heterocycles. The van der Waals surface area contributed by atoms with Crippen molar-refractivity contribution in [2.24, 2.45) is 0 Å². The molecule has 7 nitrogen and oxygen atoms in total. The molecule has 0 spiro atoms. The van der Waals surface area contributed by atoms with Gasteiger partial charge in [-0.25, -0.2) is 4.98 Å². The van der Waals surface area contributed by atoms with Crippen molar-refractivity contribution >= 4 is 19.2 Å². The van der Waals surface area contributed by atoms with E-state index in [-0.39, 0.29) is 19.1 Å². The van der Waals surface area contributed by atoms with Crippen molar-refractivity contribution in [2.75, 3.05) is 25.0 Å². The summed E-state index contributed by atoms with van der Waals surface area (Å²) in [4.78, 5) is 28.6. The van der Waals surface area contributed by atoms with Crippen LogP contribution < -0.4 is 5.73 Å². The van der Waals surface area contributed by atoms with E-state index in [1.165, 1.54) is 6.20 Å². The van der Waals surface area contributed by atoms with Crippen molar-refractivity contribution in [3.05, 3.63) is 59.8 Å². The van der Waals surface area contributed by atoms with Crippen LogP contribution in [0.1, 0.15) is 11.1 Å². The van der Waals surface area contributed by atoms with Crippen LogP contribution in [-0.4, -0.2) is 50.3 Å². The number of benzene rings is 1. The zero-order valence-electron chi connectivity index (χ0n) is 14.3. The highest BCUT2D eigenvalue weighted by molar-refractivity contribution is 7.61. The zero-order chi connectivity index (χ0) is 18.8. The molecule has 8 heteroatoms. The average Bonchev–Trinajstić information content (AvgIpc) is 2.60. The first-order valence-electron chi connectivity index (χ1n) is 8.34. The van der Waals surface area contributed by atoms with E-state index in [2.05, 4.69) is 4.98 Å². The van der Waals surface area contributed by atoms with Crippen molar-refractivity contribution in [2.45, 2.75) is 18.1 Å². The molecule has 138 valence electrons. The van der Waals surface area contributed by atoms with Gasteiger partial charge in [0.1, 0.15) is 5.82 Å². The van der Waals surface area contributed by atoms with Crippen LogP contribution in [0.2, 0.25) is 0 Å². The lowest BCUT2D eigenvalue weighted by Crippen LogP contribution is -2.55. The molecule has 1 aromatic carbocycles. The van der Waals surface area contributed by atoms with Crippen LogP contribution in [0.5, 0.6) is 0 Å². The van der Waals surface area contributed by atoms with Crippen molar-refractivity contribution in [3.63, 3.8) is 0 Å². The predicted molar refractivity (Wildman–Crippen MR) is 99.1 cm³/mol. The van der Waals surface area contributed by atoms with E-state index in [4.69, 9.17) is 5.73 Å². The Morgan fingerprint density at radius 1 is 1.23 bits per heavy atom. The third kappa shape index (κ3) is 3.65. The van der Waals surface area contributed by atoms with Crippen LogP contribution in [-0.2, 0) is 22.3 Å². The Bertz CT molecular complexity index is 828. The minimum atomic E-state index is -3.90. The summed E-state index contributed by atoms with van der Waals surface area (Å²) in [5, 5.41) is 8.17. The van der Waals surface area contributed by atoms with E-state index in [1.807, 2.05) is 35.2 Å². The van der Waals surface area contributed by atoms with E-state index >= 15 is 0 Å². The number of aromatic nitrogens is 1. The van der Waals surface area contributed by atoms with Gasteiger partial charge in [0, 0.05) is 38.4 Å². The normalized spacial score (nSPS) is 26.5. The number of pyridine rings is 1. The summed E-state index contributed by atoms with van der Waals surface area (Å²) in [7, 11) is -3.90.